The third-order valence-electron chi connectivity index (χ3n) is 5.07. The number of halogens is 1. The van der Waals surface area contributed by atoms with Crippen molar-refractivity contribution in [2.75, 3.05) is 12.4 Å². The molecule has 0 spiro atoms. The average Bonchev–Trinajstić information content (AvgIpc) is 2.81. The molecule has 4 rings (SSSR count). The lowest BCUT2D eigenvalue weighted by Gasteiger charge is -2.15. The van der Waals surface area contributed by atoms with Gasteiger partial charge in [0.15, 0.2) is 0 Å². The van der Waals surface area contributed by atoms with Gasteiger partial charge in [0.05, 0.1) is 30.2 Å². The highest BCUT2D eigenvalue weighted by Crippen LogP contribution is 2.23. The van der Waals surface area contributed by atoms with Crippen LogP contribution in [0.4, 0.5) is 5.69 Å². The van der Waals surface area contributed by atoms with Crippen molar-refractivity contribution in [3.63, 3.8) is 0 Å². The zero-order valence-corrected chi connectivity index (χ0v) is 18.0. The fourth-order valence-electron chi connectivity index (χ4n) is 3.52. The van der Waals surface area contributed by atoms with Gasteiger partial charge in [-0.3, -0.25) is 18.7 Å². The molecule has 4 aromatic rings. The first kappa shape index (κ1) is 21.4. The summed E-state index contributed by atoms with van der Waals surface area (Å²) in [5.41, 5.74) is 0.645. The monoisotopic (exact) mass is 449 g/mol. The van der Waals surface area contributed by atoms with E-state index in [1.54, 1.807) is 72.8 Å². The number of anilines is 1. The highest BCUT2D eigenvalue weighted by molar-refractivity contribution is 6.30. The number of nitrogens with zero attached hydrogens (tertiary/aromatic N) is 2. The Morgan fingerprint density at radius 3 is 2.38 bits per heavy atom. The molecule has 1 heterocycles. The summed E-state index contributed by atoms with van der Waals surface area (Å²) in [7, 11) is 1.51. The van der Waals surface area contributed by atoms with E-state index in [9.17, 15) is 14.4 Å². The number of ether oxygens (including phenoxy) is 1. The topological polar surface area (TPSA) is 82.3 Å². The predicted molar refractivity (Wildman–Crippen MR) is 125 cm³/mol. The molecule has 0 aliphatic heterocycles. The van der Waals surface area contributed by atoms with Crippen LogP contribution in [0, 0.1) is 0 Å². The Kier molecular flexibility index (Phi) is 6.09. The van der Waals surface area contributed by atoms with Gasteiger partial charge < -0.3 is 10.1 Å². The Balaban J connectivity index is 1.75. The number of fused-ring (bicyclic) bond motifs is 1. The second-order valence-corrected chi connectivity index (χ2v) is 7.59. The van der Waals surface area contributed by atoms with Crippen LogP contribution in [0.3, 0.4) is 0 Å². The quantitative estimate of drug-likeness (QED) is 0.488. The molecule has 32 heavy (non-hydrogen) atoms. The van der Waals surface area contributed by atoms with E-state index in [0.29, 0.717) is 27.4 Å². The SMILES string of the molecule is COc1ccccc1NC(=O)Cn1c(=O)n(Cc2ccc(Cl)cc2)c(=O)c2ccccc21. The summed E-state index contributed by atoms with van der Waals surface area (Å²) >= 11 is 5.94. The van der Waals surface area contributed by atoms with E-state index in [-0.39, 0.29) is 13.1 Å². The second-order valence-electron chi connectivity index (χ2n) is 7.15. The summed E-state index contributed by atoms with van der Waals surface area (Å²) in [6.45, 7) is -0.202. The number of hydrogen-bond donors (Lipinski definition) is 1. The lowest BCUT2D eigenvalue weighted by atomic mass is 10.2. The van der Waals surface area contributed by atoms with Crippen LogP contribution >= 0.6 is 11.6 Å². The third kappa shape index (κ3) is 4.29. The van der Waals surface area contributed by atoms with Crippen LogP contribution < -0.4 is 21.3 Å². The molecule has 162 valence electrons. The first-order valence-corrected chi connectivity index (χ1v) is 10.3. The molecule has 0 aliphatic carbocycles. The minimum Gasteiger partial charge on any atom is -0.495 e. The standard InChI is InChI=1S/C24H20ClN3O4/c1-32-21-9-5-3-7-19(21)26-22(29)15-27-20-8-4-2-6-18(20)23(30)28(24(27)31)14-16-10-12-17(25)13-11-16/h2-13H,14-15H2,1H3,(H,26,29). The van der Waals surface area contributed by atoms with E-state index in [2.05, 4.69) is 5.32 Å². The largest absolute Gasteiger partial charge is 0.495 e. The van der Waals surface area contributed by atoms with Gasteiger partial charge in [-0.05, 0) is 42.0 Å². The Bertz CT molecular complexity index is 1410. The maximum absolute atomic E-state index is 13.3. The molecular formula is C24H20ClN3O4. The molecule has 1 amide bonds. The summed E-state index contributed by atoms with van der Waals surface area (Å²) in [6.07, 6.45) is 0. The Morgan fingerprint density at radius 1 is 0.938 bits per heavy atom. The molecule has 1 N–H and O–H groups in total. The molecule has 0 atom stereocenters. The van der Waals surface area contributed by atoms with E-state index < -0.39 is 17.2 Å². The molecule has 0 aliphatic rings. The van der Waals surface area contributed by atoms with Crippen LogP contribution in [-0.2, 0) is 17.9 Å². The minimum atomic E-state index is -0.571. The summed E-state index contributed by atoms with van der Waals surface area (Å²) < 4.78 is 7.69. The molecule has 3 aromatic carbocycles. The van der Waals surface area contributed by atoms with Gasteiger partial charge in [0.1, 0.15) is 12.3 Å². The lowest BCUT2D eigenvalue weighted by Crippen LogP contribution is -2.42. The van der Waals surface area contributed by atoms with Gasteiger partial charge in [-0.1, -0.05) is 48.0 Å². The Labute approximate surface area is 188 Å². The first-order chi connectivity index (χ1) is 15.5. The maximum atomic E-state index is 13.3. The minimum absolute atomic E-state index is 0.0633. The lowest BCUT2D eigenvalue weighted by molar-refractivity contribution is -0.116. The van der Waals surface area contributed by atoms with Crippen molar-refractivity contribution in [3.8, 4) is 5.75 Å². The number of hydrogen-bond acceptors (Lipinski definition) is 4. The number of benzene rings is 3. The molecule has 0 bridgehead atoms. The summed E-state index contributed by atoms with van der Waals surface area (Å²) in [4.78, 5) is 39.1. The fraction of sp³-hybridized carbons (Fsp3) is 0.125. The number of aromatic nitrogens is 2. The molecule has 0 fully saturated rings. The number of para-hydroxylation sites is 3. The van der Waals surface area contributed by atoms with E-state index in [0.717, 1.165) is 10.1 Å². The van der Waals surface area contributed by atoms with Gasteiger partial charge in [0.2, 0.25) is 5.91 Å². The van der Waals surface area contributed by atoms with Gasteiger partial charge in [-0.2, -0.15) is 0 Å². The van der Waals surface area contributed by atoms with E-state index in [1.807, 2.05) is 0 Å². The maximum Gasteiger partial charge on any atom is 0.332 e. The van der Waals surface area contributed by atoms with Gasteiger partial charge in [-0.15, -0.1) is 0 Å². The average molecular weight is 450 g/mol. The van der Waals surface area contributed by atoms with E-state index >= 15 is 0 Å². The highest BCUT2D eigenvalue weighted by atomic mass is 35.5. The van der Waals surface area contributed by atoms with Crippen LogP contribution in [0.1, 0.15) is 5.56 Å². The molecule has 0 saturated heterocycles. The van der Waals surface area contributed by atoms with Crippen molar-refractivity contribution >= 4 is 34.1 Å². The molecule has 7 nitrogen and oxygen atoms in total. The fourth-order valence-corrected chi connectivity index (χ4v) is 3.64. The van der Waals surface area contributed by atoms with Crippen molar-refractivity contribution in [1.29, 1.82) is 0 Å². The third-order valence-corrected chi connectivity index (χ3v) is 5.32. The number of rotatable bonds is 6. The first-order valence-electron chi connectivity index (χ1n) is 9.87. The predicted octanol–water partition coefficient (Wildman–Crippen LogP) is 3.51. The van der Waals surface area contributed by atoms with E-state index in [1.165, 1.54) is 11.7 Å². The molecule has 8 heteroatoms. The number of methoxy groups -OCH3 is 1. The van der Waals surface area contributed by atoms with Crippen LogP contribution in [-0.4, -0.2) is 22.2 Å². The van der Waals surface area contributed by atoms with Crippen LogP contribution in [0.2, 0.25) is 5.02 Å². The van der Waals surface area contributed by atoms with Gasteiger partial charge in [0.25, 0.3) is 5.56 Å². The molecular weight excluding hydrogens is 430 g/mol. The van der Waals surface area contributed by atoms with Crippen molar-refractivity contribution < 1.29 is 9.53 Å². The van der Waals surface area contributed by atoms with Gasteiger partial charge >= 0.3 is 5.69 Å². The van der Waals surface area contributed by atoms with Gasteiger partial charge in [-0.25, -0.2) is 4.79 Å². The summed E-state index contributed by atoms with van der Waals surface area (Å²) in [6, 6.07) is 20.6. The van der Waals surface area contributed by atoms with Crippen molar-refractivity contribution in [3.05, 3.63) is 104 Å². The van der Waals surface area contributed by atoms with E-state index in [4.69, 9.17) is 16.3 Å². The Morgan fingerprint density at radius 2 is 1.62 bits per heavy atom. The van der Waals surface area contributed by atoms with Crippen LogP contribution in [0.5, 0.6) is 5.75 Å². The van der Waals surface area contributed by atoms with Crippen molar-refractivity contribution in [2.45, 2.75) is 13.1 Å². The van der Waals surface area contributed by atoms with Crippen LogP contribution in [0.15, 0.2) is 82.4 Å². The van der Waals surface area contributed by atoms with Crippen molar-refractivity contribution in [1.82, 2.24) is 9.13 Å². The molecule has 0 saturated carbocycles. The second kappa shape index (κ2) is 9.11. The normalized spacial score (nSPS) is 10.8. The van der Waals surface area contributed by atoms with Crippen molar-refractivity contribution in [2.24, 2.45) is 0 Å². The summed E-state index contributed by atoms with van der Waals surface area (Å²) in [5, 5.41) is 3.68. The zero-order chi connectivity index (χ0) is 22.7. The van der Waals surface area contributed by atoms with Gasteiger partial charge in [0, 0.05) is 5.02 Å². The number of nitrogens with one attached hydrogen (secondary N) is 1. The summed E-state index contributed by atoms with van der Waals surface area (Å²) in [5.74, 6) is 0.0872. The molecule has 0 radical (unpaired) electrons. The number of amides is 1. The number of carbonyl (C=O) groups is 1. The van der Waals surface area contributed by atoms with Crippen LogP contribution in [0.25, 0.3) is 10.9 Å². The molecule has 1 aromatic heterocycles. The smallest absolute Gasteiger partial charge is 0.332 e. The Hall–Kier alpha value is -3.84. The highest BCUT2D eigenvalue weighted by Gasteiger charge is 2.16. The zero-order valence-electron chi connectivity index (χ0n) is 17.2. The molecule has 0 unspecified atom stereocenters. The number of carbonyl (C=O) groups excluding carboxylic acids is 1.